The monoisotopic (exact) mass is 350 g/mol. The number of thioether (sulfide) groups is 1. The highest BCUT2D eigenvalue weighted by Gasteiger charge is 2.24. The average Bonchev–Trinajstić information content (AvgIpc) is 3.05. The molecule has 0 spiro atoms. The van der Waals surface area contributed by atoms with Crippen LogP contribution >= 0.6 is 11.8 Å². The summed E-state index contributed by atoms with van der Waals surface area (Å²) in [5.74, 6) is 1.51. The number of hydrogen-bond donors (Lipinski definition) is 1. The molecule has 25 heavy (non-hydrogen) atoms. The molecule has 126 valence electrons. The Morgan fingerprint density at radius 2 is 2.00 bits per heavy atom. The topological polar surface area (TPSA) is 51.2 Å². The van der Waals surface area contributed by atoms with Crippen LogP contribution in [0.1, 0.15) is 11.1 Å². The Labute approximate surface area is 150 Å². The van der Waals surface area contributed by atoms with Gasteiger partial charge < -0.3 is 4.74 Å². The number of fused-ring (bicyclic) bond motifs is 1. The van der Waals surface area contributed by atoms with E-state index < -0.39 is 0 Å². The van der Waals surface area contributed by atoms with Gasteiger partial charge in [0, 0.05) is 17.6 Å². The fraction of sp³-hybridized carbons (Fsp3) is 0.200. The normalized spacial score (nSPS) is 17.1. The van der Waals surface area contributed by atoms with Gasteiger partial charge in [-0.05, 0) is 35.7 Å². The van der Waals surface area contributed by atoms with Crippen LogP contribution < -0.4 is 10.1 Å². The van der Waals surface area contributed by atoms with Crippen LogP contribution in [-0.2, 0) is 17.8 Å². The first-order valence-corrected chi connectivity index (χ1v) is 9.22. The maximum Gasteiger partial charge on any atom is 0.207 e. The highest BCUT2D eigenvalue weighted by molar-refractivity contribution is 8.14. The number of pyridine rings is 1. The molecule has 4 rings (SSSR count). The van der Waals surface area contributed by atoms with E-state index in [0.717, 1.165) is 27.8 Å². The van der Waals surface area contributed by atoms with Crippen LogP contribution in [0.5, 0.6) is 5.75 Å². The molecule has 1 aromatic heterocycles. The Hall–Kier alpha value is -2.37. The van der Waals surface area contributed by atoms with Crippen LogP contribution in [0.2, 0.25) is 0 Å². The van der Waals surface area contributed by atoms with Gasteiger partial charge in [0.15, 0.2) is 0 Å². The van der Waals surface area contributed by atoms with Crippen molar-refractivity contribution in [1.82, 2.24) is 10.3 Å². The van der Waals surface area contributed by atoms with Crippen molar-refractivity contribution in [3.63, 3.8) is 0 Å². The molecule has 0 amide bonds. The van der Waals surface area contributed by atoms with E-state index in [9.17, 15) is 4.79 Å². The van der Waals surface area contributed by atoms with Gasteiger partial charge in [0.05, 0.1) is 17.4 Å². The first kappa shape index (κ1) is 16.1. The number of rotatable bonds is 5. The SMILES string of the molecule is O=C1SCNC1Cc1cnc2cc(OCc3ccccc3)ccc2c1. The summed E-state index contributed by atoms with van der Waals surface area (Å²) in [4.78, 5) is 16.3. The summed E-state index contributed by atoms with van der Waals surface area (Å²) in [6.45, 7) is 0.539. The second-order valence-corrected chi connectivity index (χ2v) is 7.02. The van der Waals surface area contributed by atoms with Crippen molar-refractivity contribution in [1.29, 1.82) is 0 Å². The van der Waals surface area contributed by atoms with Crippen molar-refractivity contribution in [2.45, 2.75) is 19.1 Å². The molecule has 0 saturated carbocycles. The Morgan fingerprint density at radius 1 is 1.12 bits per heavy atom. The number of ether oxygens (including phenoxy) is 1. The van der Waals surface area contributed by atoms with Crippen molar-refractivity contribution in [2.75, 3.05) is 5.88 Å². The maximum atomic E-state index is 11.7. The predicted molar refractivity (Wildman–Crippen MR) is 101 cm³/mol. The third kappa shape index (κ3) is 3.83. The van der Waals surface area contributed by atoms with Gasteiger partial charge in [-0.2, -0.15) is 0 Å². The van der Waals surface area contributed by atoms with Crippen LogP contribution in [-0.4, -0.2) is 22.0 Å². The number of nitrogens with one attached hydrogen (secondary N) is 1. The van der Waals surface area contributed by atoms with Gasteiger partial charge in [0.25, 0.3) is 0 Å². The largest absolute Gasteiger partial charge is 0.489 e. The molecule has 2 aromatic carbocycles. The first-order chi connectivity index (χ1) is 12.3. The van der Waals surface area contributed by atoms with E-state index in [-0.39, 0.29) is 11.2 Å². The summed E-state index contributed by atoms with van der Waals surface area (Å²) in [5, 5.41) is 4.48. The fourth-order valence-corrected chi connectivity index (χ4v) is 3.67. The average molecular weight is 350 g/mol. The minimum Gasteiger partial charge on any atom is -0.489 e. The first-order valence-electron chi connectivity index (χ1n) is 8.23. The van der Waals surface area contributed by atoms with Crippen molar-refractivity contribution in [3.05, 3.63) is 71.9 Å². The summed E-state index contributed by atoms with van der Waals surface area (Å²) in [6, 6.07) is 18.0. The van der Waals surface area contributed by atoms with Gasteiger partial charge in [-0.25, -0.2) is 0 Å². The van der Waals surface area contributed by atoms with E-state index >= 15 is 0 Å². The molecule has 3 aromatic rings. The zero-order valence-electron chi connectivity index (χ0n) is 13.6. The zero-order valence-corrected chi connectivity index (χ0v) is 14.5. The molecule has 1 saturated heterocycles. The van der Waals surface area contributed by atoms with Gasteiger partial charge in [-0.3, -0.25) is 15.1 Å². The molecule has 1 aliphatic heterocycles. The summed E-state index contributed by atoms with van der Waals surface area (Å²) in [7, 11) is 0. The highest BCUT2D eigenvalue weighted by atomic mass is 32.2. The molecule has 4 nitrogen and oxygen atoms in total. The number of carbonyl (C=O) groups is 1. The minimum absolute atomic E-state index is 0.0993. The van der Waals surface area contributed by atoms with E-state index in [1.807, 2.05) is 54.7 Å². The quantitative estimate of drug-likeness (QED) is 0.763. The molecule has 1 aliphatic rings. The predicted octanol–water partition coefficient (Wildman–Crippen LogP) is 3.55. The molecule has 1 unspecified atom stereocenters. The van der Waals surface area contributed by atoms with E-state index in [1.165, 1.54) is 11.8 Å². The van der Waals surface area contributed by atoms with Crippen molar-refractivity contribution >= 4 is 27.8 Å². The smallest absolute Gasteiger partial charge is 0.207 e. The lowest BCUT2D eigenvalue weighted by Gasteiger charge is -2.10. The Balaban J connectivity index is 1.47. The number of nitrogens with zero attached hydrogens (tertiary/aromatic N) is 1. The molecule has 0 aliphatic carbocycles. The van der Waals surface area contributed by atoms with E-state index in [0.29, 0.717) is 18.9 Å². The van der Waals surface area contributed by atoms with Crippen molar-refractivity contribution in [2.24, 2.45) is 0 Å². The van der Waals surface area contributed by atoms with Gasteiger partial charge in [-0.1, -0.05) is 42.1 Å². The standard InChI is InChI=1S/C20H18N2O2S/c23-20-19(22-13-25-20)9-15-8-16-6-7-17(10-18(16)21-11-15)24-12-14-4-2-1-3-5-14/h1-8,10-11,19,22H,9,12-13H2. The molecule has 0 bridgehead atoms. The highest BCUT2D eigenvalue weighted by Crippen LogP contribution is 2.23. The molecule has 1 atom stereocenters. The van der Waals surface area contributed by atoms with Crippen molar-refractivity contribution < 1.29 is 9.53 Å². The molecule has 1 fully saturated rings. The summed E-state index contributed by atoms with van der Waals surface area (Å²) < 4.78 is 5.85. The minimum atomic E-state index is -0.0993. The summed E-state index contributed by atoms with van der Waals surface area (Å²) in [5.41, 5.74) is 3.10. The van der Waals surface area contributed by atoms with E-state index in [4.69, 9.17) is 4.74 Å². The molecule has 0 radical (unpaired) electrons. The molecular weight excluding hydrogens is 332 g/mol. The number of carbonyl (C=O) groups excluding carboxylic acids is 1. The van der Waals surface area contributed by atoms with Crippen LogP contribution in [0.15, 0.2) is 60.8 Å². The van der Waals surface area contributed by atoms with Gasteiger partial charge >= 0.3 is 0 Å². The molecule has 2 heterocycles. The van der Waals surface area contributed by atoms with Gasteiger partial charge in [0.1, 0.15) is 12.4 Å². The molecule has 1 N–H and O–H groups in total. The van der Waals surface area contributed by atoms with Crippen LogP contribution in [0, 0.1) is 0 Å². The number of aromatic nitrogens is 1. The summed E-state index contributed by atoms with van der Waals surface area (Å²) in [6.07, 6.45) is 2.53. The lowest BCUT2D eigenvalue weighted by atomic mass is 10.1. The van der Waals surface area contributed by atoms with Gasteiger partial charge in [0.2, 0.25) is 5.12 Å². The number of benzene rings is 2. The second-order valence-electron chi connectivity index (χ2n) is 6.04. The second kappa shape index (κ2) is 7.25. The summed E-state index contributed by atoms with van der Waals surface area (Å²) >= 11 is 1.35. The van der Waals surface area contributed by atoms with Crippen LogP contribution in [0.25, 0.3) is 10.9 Å². The lowest BCUT2D eigenvalue weighted by molar-refractivity contribution is -0.112. The third-order valence-electron chi connectivity index (χ3n) is 4.23. The van der Waals surface area contributed by atoms with Crippen LogP contribution in [0.3, 0.4) is 0 Å². The molecule has 5 heteroatoms. The lowest BCUT2D eigenvalue weighted by Crippen LogP contribution is -2.29. The Bertz CT molecular complexity index is 899. The molecular formula is C20H18N2O2S. The Kier molecular flexibility index (Phi) is 4.68. The third-order valence-corrected chi connectivity index (χ3v) is 5.11. The van der Waals surface area contributed by atoms with E-state index in [1.54, 1.807) is 0 Å². The Morgan fingerprint density at radius 3 is 2.80 bits per heavy atom. The maximum absolute atomic E-state index is 11.7. The van der Waals surface area contributed by atoms with Gasteiger partial charge in [-0.15, -0.1) is 0 Å². The van der Waals surface area contributed by atoms with E-state index in [2.05, 4.69) is 16.4 Å². The number of hydrogen-bond acceptors (Lipinski definition) is 5. The van der Waals surface area contributed by atoms with Crippen molar-refractivity contribution in [3.8, 4) is 5.75 Å². The zero-order chi connectivity index (χ0) is 17.1. The fourth-order valence-electron chi connectivity index (χ4n) is 2.88. The van der Waals surface area contributed by atoms with Crippen LogP contribution in [0.4, 0.5) is 0 Å².